The summed E-state index contributed by atoms with van der Waals surface area (Å²) in [7, 11) is -3.27. The Hall–Kier alpha value is -2.60. The lowest BCUT2D eigenvalue weighted by Gasteiger charge is -2.27. The summed E-state index contributed by atoms with van der Waals surface area (Å²) < 4.78 is 30.0. The quantitative estimate of drug-likeness (QED) is 0.898. The first-order valence-electron chi connectivity index (χ1n) is 8.09. The van der Waals surface area contributed by atoms with Gasteiger partial charge in [0.15, 0.2) is 9.84 Å². The summed E-state index contributed by atoms with van der Waals surface area (Å²) in [4.78, 5) is 12.9. The summed E-state index contributed by atoms with van der Waals surface area (Å²) in [5.41, 5.74) is 2.05. The second kappa shape index (κ2) is 6.04. The molecule has 2 aromatic rings. The average molecular weight is 355 g/mol. The molecular formula is C19H17NO4S. The Morgan fingerprint density at radius 2 is 1.84 bits per heavy atom. The molecule has 2 aliphatic heterocycles. The zero-order chi connectivity index (χ0) is 17.4. The number of rotatable bonds is 2. The number of fused-ring (bicyclic) bond motifs is 2. The molecule has 0 saturated carbocycles. The molecule has 128 valence electrons. The van der Waals surface area contributed by atoms with Crippen molar-refractivity contribution >= 4 is 21.8 Å². The molecule has 1 atom stereocenters. The Bertz CT molecular complexity index is 978. The van der Waals surface area contributed by atoms with Crippen molar-refractivity contribution < 1.29 is 17.9 Å². The summed E-state index contributed by atoms with van der Waals surface area (Å²) in [6, 6.07) is 14.1. The third kappa shape index (κ3) is 2.93. The van der Waals surface area contributed by atoms with Gasteiger partial charge in [-0.3, -0.25) is 4.79 Å². The van der Waals surface area contributed by atoms with Gasteiger partial charge < -0.3 is 10.1 Å². The average Bonchev–Trinajstić information content (AvgIpc) is 2.64. The molecule has 0 radical (unpaired) electrons. The van der Waals surface area contributed by atoms with Crippen LogP contribution in [-0.4, -0.2) is 26.7 Å². The molecule has 25 heavy (non-hydrogen) atoms. The standard InChI is InChI=1S/C19H17NO4S/c21-19(14-11-13-5-1-3-7-17(13)24-12-14)20-16-9-10-25(22,23)18-8-4-2-6-15(16)18/h1-8,11,16H,9-10,12H2,(H,20,21)/t16-/m0/s1. The van der Waals surface area contributed by atoms with Crippen molar-refractivity contribution in [3.8, 4) is 5.75 Å². The normalized spacial score (nSPS) is 20.5. The lowest BCUT2D eigenvalue weighted by Crippen LogP contribution is -2.36. The molecule has 2 heterocycles. The Morgan fingerprint density at radius 3 is 2.72 bits per heavy atom. The van der Waals surface area contributed by atoms with Gasteiger partial charge in [0.2, 0.25) is 0 Å². The minimum Gasteiger partial charge on any atom is -0.488 e. The number of nitrogens with one attached hydrogen (secondary N) is 1. The number of hydrogen-bond donors (Lipinski definition) is 1. The van der Waals surface area contributed by atoms with Crippen LogP contribution in [-0.2, 0) is 14.6 Å². The number of carbonyl (C=O) groups excluding carboxylic acids is 1. The van der Waals surface area contributed by atoms with Crippen molar-refractivity contribution in [2.75, 3.05) is 12.4 Å². The van der Waals surface area contributed by atoms with Crippen molar-refractivity contribution in [1.29, 1.82) is 0 Å². The van der Waals surface area contributed by atoms with Crippen molar-refractivity contribution in [1.82, 2.24) is 5.32 Å². The van der Waals surface area contributed by atoms with Crippen molar-refractivity contribution in [2.45, 2.75) is 17.4 Å². The number of para-hydroxylation sites is 1. The van der Waals surface area contributed by atoms with E-state index in [1.807, 2.05) is 30.3 Å². The fourth-order valence-corrected chi connectivity index (χ4v) is 4.86. The zero-order valence-corrected chi connectivity index (χ0v) is 14.3. The first-order chi connectivity index (χ1) is 12.0. The second-order valence-corrected chi connectivity index (χ2v) is 8.25. The van der Waals surface area contributed by atoms with E-state index in [1.165, 1.54) is 0 Å². The van der Waals surface area contributed by atoms with E-state index in [9.17, 15) is 13.2 Å². The fourth-order valence-electron chi connectivity index (χ4n) is 3.24. The van der Waals surface area contributed by atoms with Gasteiger partial charge in [-0.15, -0.1) is 0 Å². The molecule has 0 bridgehead atoms. The van der Waals surface area contributed by atoms with Gasteiger partial charge in [-0.2, -0.15) is 0 Å². The maximum Gasteiger partial charge on any atom is 0.251 e. The highest BCUT2D eigenvalue weighted by Crippen LogP contribution is 2.32. The topological polar surface area (TPSA) is 72.5 Å². The Kier molecular flexibility index (Phi) is 3.84. The summed E-state index contributed by atoms with van der Waals surface area (Å²) >= 11 is 0. The highest BCUT2D eigenvalue weighted by Gasteiger charge is 2.31. The van der Waals surface area contributed by atoms with Crippen LogP contribution in [0.5, 0.6) is 5.75 Å². The van der Waals surface area contributed by atoms with Crippen molar-refractivity contribution in [3.05, 3.63) is 65.2 Å². The molecule has 2 aliphatic rings. The molecule has 0 unspecified atom stereocenters. The molecule has 6 heteroatoms. The van der Waals surface area contributed by atoms with Gasteiger partial charge in [0.25, 0.3) is 5.91 Å². The zero-order valence-electron chi connectivity index (χ0n) is 13.4. The van der Waals surface area contributed by atoms with E-state index in [0.717, 1.165) is 11.3 Å². The van der Waals surface area contributed by atoms with Crippen LogP contribution in [0.15, 0.2) is 59.0 Å². The first-order valence-corrected chi connectivity index (χ1v) is 9.75. The third-order valence-corrected chi connectivity index (χ3v) is 6.35. The molecule has 1 N–H and O–H groups in total. The molecule has 0 spiro atoms. The van der Waals surface area contributed by atoms with E-state index < -0.39 is 9.84 Å². The molecule has 0 fully saturated rings. The lowest BCUT2D eigenvalue weighted by atomic mass is 10.0. The van der Waals surface area contributed by atoms with E-state index in [-0.39, 0.29) is 24.3 Å². The minimum absolute atomic E-state index is 0.0351. The number of carbonyl (C=O) groups is 1. The van der Waals surface area contributed by atoms with Crippen molar-refractivity contribution in [2.24, 2.45) is 0 Å². The van der Waals surface area contributed by atoms with Gasteiger partial charge in [0, 0.05) is 5.56 Å². The predicted octanol–water partition coefficient (Wildman–Crippen LogP) is 2.50. The van der Waals surface area contributed by atoms with Gasteiger partial charge in [-0.1, -0.05) is 36.4 Å². The molecule has 1 amide bonds. The van der Waals surface area contributed by atoms with Gasteiger partial charge >= 0.3 is 0 Å². The molecule has 0 aromatic heterocycles. The van der Waals surface area contributed by atoms with Crippen LogP contribution in [0.1, 0.15) is 23.6 Å². The van der Waals surface area contributed by atoms with Gasteiger partial charge in [-0.25, -0.2) is 8.42 Å². The lowest BCUT2D eigenvalue weighted by molar-refractivity contribution is -0.118. The maximum absolute atomic E-state index is 12.6. The van der Waals surface area contributed by atoms with Crippen LogP contribution >= 0.6 is 0 Å². The smallest absolute Gasteiger partial charge is 0.251 e. The van der Waals surface area contributed by atoms with Gasteiger partial charge in [0.1, 0.15) is 12.4 Å². The van der Waals surface area contributed by atoms with Crippen LogP contribution in [0, 0.1) is 0 Å². The van der Waals surface area contributed by atoms with E-state index in [2.05, 4.69) is 5.32 Å². The highest BCUT2D eigenvalue weighted by atomic mass is 32.2. The molecular weight excluding hydrogens is 338 g/mol. The summed E-state index contributed by atoms with van der Waals surface area (Å²) in [6.07, 6.45) is 2.19. The van der Waals surface area contributed by atoms with Crippen LogP contribution in [0.25, 0.3) is 6.08 Å². The Morgan fingerprint density at radius 1 is 1.08 bits per heavy atom. The Labute approximate surface area is 146 Å². The predicted molar refractivity (Wildman–Crippen MR) is 93.9 cm³/mol. The number of amides is 1. The van der Waals surface area contributed by atoms with Crippen LogP contribution in [0.2, 0.25) is 0 Å². The van der Waals surface area contributed by atoms with Gasteiger partial charge in [-0.05, 0) is 30.2 Å². The summed E-state index contributed by atoms with van der Waals surface area (Å²) in [5.74, 6) is 0.564. The summed E-state index contributed by atoms with van der Waals surface area (Å²) in [5, 5.41) is 2.96. The monoisotopic (exact) mass is 355 g/mol. The molecule has 0 aliphatic carbocycles. The summed E-state index contributed by atoms with van der Waals surface area (Å²) in [6.45, 7) is 0.204. The first kappa shape index (κ1) is 15.9. The molecule has 2 aromatic carbocycles. The highest BCUT2D eigenvalue weighted by molar-refractivity contribution is 7.91. The molecule has 4 rings (SSSR count). The van der Waals surface area contributed by atoms with Gasteiger partial charge in [0.05, 0.1) is 22.3 Å². The number of benzene rings is 2. The minimum atomic E-state index is -3.27. The second-order valence-electron chi connectivity index (χ2n) is 6.17. The number of sulfone groups is 1. The van der Waals surface area contributed by atoms with E-state index in [0.29, 0.717) is 22.5 Å². The van der Waals surface area contributed by atoms with Crippen LogP contribution < -0.4 is 10.1 Å². The fraction of sp³-hybridized carbons (Fsp3) is 0.211. The largest absolute Gasteiger partial charge is 0.488 e. The van der Waals surface area contributed by atoms with E-state index >= 15 is 0 Å². The molecule has 0 saturated heterocycles. The number of hydrogen-bond acceptors (Lipinski definition) is 4. The van der Waals surface area contributed by atoms with Crippen LogP contribution in [0.3, 0.4) is 0 Å². The van der Waals surface area contributed by atoms with Crippen LogP contribution in [0.4, 0.5) is 0 Å². The van der Waals surface area contributed by atoms with E-state index in [4.69, 9.17) is 4.74 Å². The SMILES string of the molecule is O=C(N[C@H]1CCS(=O)(=O)c2ccccc21)C1=Cc2ccccc2OC1. The number of ether oxygens (including phenoxy) is 1. The van der Waals surface area contributed by atoms with E-state index in [1.54, 1.807) is 24.3 Å². The van der Waals surface area contributed by atoms with Crippen molar-refractivity contribution in [3.63, 3.8) is 0 Å². The maximum atomic E-state index is 12.6. The third-order valence-electron chi connectivity index (χ3n) is 4.53. The molecule has 5 nitrogen and oxygen atoms in total. The Balaban J connectivity index is 1.59.